The Labute approximate surface area is 148 Å². The molecule has 1 aromatic carbocycles. The third-order valence-electron chi connectivity index (χ3n) is 3.42. The van der Waals surface area contributed by atoms with Crippen molar-refractivity contribution in [1.29, 1.82) is 0 Å². The molecule has 2 aromatic heterocycles. The van der Waals surface area contributed by atoms with Crippen LogP contribution in [-0.4, -0.2) is 32.9 Å². The first-order chi connectivity index (χ1) is 12.1. The number of aryl methyl sites for hydroxylation is 1. The number of esters is 1. The molecule has 0 aliphatic rings. The molecule has 25 heavy (non-hydrogen) atoms. The number of carbonyl (C=O) groups is 2. The lowest BCUT2D eigenvalue weighted by Crippen LogP contribution is -2.32. The van der Waals surface area contributed by atoms with Crippen LogP contribution in [0, 0.1) is 6.92 Å². The maximum atomic E-state index is 12.3. The molecule has 0 aliphatic carbocycles. The second kappa shape index (κ2) is 7.35. The Morgan fingerprint density at radius 1 is 1.24 bits per heavy atom. The quantitative estimate of drug-likeness (QED) is 0.706. The Morgan fingerprint density at radius 3 is 2.68 bits per heavy atom. The first kappa shape index (κ1) is 17.0. The lowest BCUT2D eigenvalue weighted by atomic mass is 10.2. The zero-order valence-corrected chi connectivity index (χ0v) is 14.5. The molecule has 1 amide bonds. The smallest absolute Gasteiger partial charge is 0.359 e. The van der Waals surface area contributed by atoms with Gasteiger partial charge in [-0.15, -0.1) is 11.3 Å². The summed E-state index contributed by atoms with van der Waals surface area (Å²) in [6, 6.07) is 7.21. The second-order valence-electron chi connectivity index (χ2n) is 5.33. The normalized spacial score (nSPS) is 11.9. The summed E-state index contributed by atoms with van der Waals surface area (Å²) in [6.45, 7) is 3.60. The molecule has 0 saturated carbocycles. The van der Waals surface area contributed by atoms with Crippen molar-refractivity contribution >= 4 is 39.4 Å². The van der Waals surface area contributed by atoms with Crippen LogP contribution in [0.5, 0.6) is 0 Å². The Morgan fingerprint density at radius 2 is 2.00 bits per heavy atom. The molecule has 0 radical (unpaired) electrons. The van der Waals surface area contributed by atoms with E-state index in [-0.39, 0.29) is 5.69 Å². The van der Waals surface area contributed by atoms with Gasteiger partial charge in [-0.2, -0.15) is 0 Å². The Balaban J connectivity index is 1.71. The molecular weight excluding hydrogens is 340 g/mol. The van der Waals surface area contributed by atoms with E-state index in [0.717, 1.165) is 5.69 Å². The largest absolute Gasteiger partial charge is 0.447 e. The molecule has 1 N–H and O–H groups in total. The van der Waals surface area contributed by atoms with E-state index in [4.69, 9.17) is 4.74 Å². The van der Waals surface area contributed by atoms with Crippen LogP contribution >= 0.6 is 11.3 Å². The highest BCUT2D eigenvalue weighted by atomic mass is 32.1. The predicted octanol–water partition coefficient (Wildman–Crippen LogP) is 2.97. The summed E-state index contributed by atoms with van der Waals surface area (Å²) in [5, 5.41) is 4.96. The van der Waals surface area contributed by atoms with Gasteiger partial charge >= 0.3 is 5.97 Å². The number of rotatable bonds is 5. The number of hydrogen-bond acceptors (Lipinski definition) is 7. The number of thiazole rings is 1. The van der Waals surface area contributed by atoms with Crippen molar-refractivity contribution in [2.45, 2.75) is 26.4 Å². The van der Waals surface area contributed by atoms with Crippen LogP contribution in [-0.2, 0) is 9.53 Å². The van der Waals surface area contributed by atoms with E-state index in [1.54, 1.807) is 19.1 Å². The van der Waals surface area contributed by atoms with E-state index in [1.165, 1.54) is 17.5 Å². The minimum absolute atomic E-state index is 0.0649. The maximum absolute atomic E-state index is 12.3. The number of benzene rings is 1. The molecule has 0 bridgehead atoms. The van der Waals surface area contributed by atoms with Crippen molar-refractivity contribution in [2.75, 3.05) is 5.32 Å². The molecule has 8 heteroatoms. The highest BCUT2D eigenvalue weighted by Gasteiger charge is 2.23. The zero-order chi connectivity index (χ0) is 17.8. The van der Waals surface area contributed by atoms with Gasteiger partial charge in [0, 0.05) is 5.38 Å². The fourth-order valence-electron chi connectivity index (χ4n) is 2.16. The number of amides is 1. The number of nitrogens with zero attached hydrogens (tertiary/aromatic N) is 3. The lowest BCUT2D eigenvalue weighted by molar-refractivity contribution is -0.124. The number of nitrogens with one attached hydrogen (secondary N) is 1. The van der Waals surface area contributed by atoms with E-state index in [2.05, 4.69) is 20.3 Å². The van der Waals surface area contributed by atoms with Crippen LogP contribution in [0.4, 0.5) is 5.13 Å². The molecule has 2 heterocycles. The van der Waals surface area contributed by atoms with E-state index >= 15 is 0 Å². The van der Waals surface area contributed by atoms with E-state index < -0.39 is 18.0 Å². The van der Waals surface area contributed by atoms with Gasteiger partial charge in [0.25, 0.3) is 5.91 Å². The van der Waals surface area contributed by atoms with E-state index in [1.807, 2.05) is 24.4 Å². The third-order valence-corrected chi connectivity index (χ3v) is 4.29. The van der Waals surface area contributed by atoms with Crippen molar-refractivity contribution in [3.8, 4) is 0 Å². The van der Waals surface area contributed by atoms with Gasteiger partial charge in [-0.05, 0) is 25.5 Å². The summed E-state index contributed by atoms with van der Waals surface area (Å²) in [6.07, 6.45) is 0.757. The van der Waals surface area contributed by atoms with Gasteiger partial charge in [0.1, 0.15) is 0 Å². The fourth-order valence-corrected chi connectivity index (χ4v) is 2.86. The SMILES string of the molecule is CCC(OC(=O)c1cnc2ccccc2n1)C(=O)Nc1nc(C)cs1. The van der Waals surface area contributed by atoms with E-state index in [9.17, 15) is 9.59 Å². The van der Waals surface area contributed by atoms with Crippen LogP contribution in [0.3, 0.4) is 0 Å². The average molecular weight is 356 g/mol. The minimum atomic E-state index is -0.926. The number of fused-ring (bicyclic) bond motifs is 1. The summed E-state index contributed by atoms with van der Waals surface area (Å²) in [7, 11) is 0. The van der Waals surface area contributed by atoms with Gasteiger partial charge in [0.2, 0.25) is 0 Å². The highest BCUT2D eigenvalue weighted by molar-refractivity contribution is 7.13. The summed E-state index contributed by atoms with van der Waals surface area (Å²) in [5.74, 6) is -1.10. The highest BCUT2D eigenvalue weighted by Crippen LogP contribution is 2.16. The Bertz CT molecular complexity index is 925. The molecule has 0 saturated heterocycles. The van der Waals surface area contributed by atoms with Gasteiger partial charge in [0.15, 0.2) is 16.9 Å². The summed E-state index contributed by atoms with van der Waals surface area (Å²) in [5.41, 5.74) is 2.16. The van der Waals surface area contributed by atoms with Crippen LogP contribution in [0.15, 0.2) is 35.8 Å². The molecule has 0 aliphatic heterocycles. The topological polar surface area (TPSA) is 94.1 Å². The van der Waals surface area contributed by atoms with Gasteiger partial charge in [0.05, 0.1) is 22.9 Å². The molecule has 0 fully saturated rings. The van der Waals surface area contributed by atoms with Gasteiger partial charge in [-0.25, -0.2) is 14.8 Å². The molecule has 0 spiro atoms. The number of anilines is 1. The summed E-state index contributed by atoms with van der Waals surface area (Å²) < 4.78 is 5.30. The van der Waals surface area contributed by atoms with Crippen LogP contribution in [0.1, 0.15) is 29.5 Å². The Hall–Kier alpha value is -2.87. The first-order valence-corrected chi connectivity index (χ1v) is 8.60. The van der Waals surface area contributed by atoms with Crippen molar-refractivity contribution in [2.24, 2.45) is 0 Å². The number of para-hydroxylation sites is 2. The molecule has 128 valence electrons. The first-order valence-electron chi connectivity index (χ1n) is 7.72. The number of ether oxygens (including phenoxy) is 1. The zero-order valence-electron chi connectivity index (χ0n) is 13.7. The standard InChI is InChI=1S/C17H16N4O3S/c1-3-14(15(22)21-17-19-10(2)9-25-17)24-16(23)13-8-18-11-6-4-5-7-12(11)20-13/h4-9,14H,3H2,1-2H3,(H,19,21,22). The number of carbonyl (C=O) groups excluding carboxylic acids is 2. The summed E-state index contributed by atoms with van der Waals surface area (Å²) in [4.78, 5) is 37.1. The predicted molar refractivity (Wildman–Crippen MR) is 94.5 cm³/mol. The summed E-state index contributed by atoms with van der Waals surface area (Å²) >= 11 is 1.32. The van der Waals surface area contributed by atoms with Gasteiger partial charge in [-0.1, -0.05) is 19.1 Å². The number of hydrogen-bond donors (Lipinski definition) is 1. The maximum Gasteiger partial charge on any atom is 0.359 e. The molecule has 1 unspecified atom stereocenters. The van der Waals surface area contributed by atoms with Gasteiger partial charge in [-0.3, -0.25) is 15.1 Å². The molecular formula is C17H16N4O3S. The van der Waals surface area contributed by atoms with Crippen LogP contribution in [0.25, 0.3) is 11.0 Å². The van der Waals surface area contributed by atoms with E-state index in [0.29, 0.717) is 22.6 Å². The fraction of sp³-hybridized carbons (Fsp3) is 0.235. The lowest BCUT2D eigenvalue weighted by Gasteiger charge is -2.14. The van der Waals surface area contributed by atoms with Crippen molar-refractivity contribution < 1.29 is 14.3 Å². The number of aromatic nitrogens is 3. The monoisotopic (exact) mass is 356 g/mol. The van der Waals surface area contributed by atoms with Crippen molar-refractivity contribution in [3.63, 3.8) is 0 Å². The van der Waals surface area contributed by atoms with Crippen molar-refractivity contribution in [3.05, 3.63) is 47.2 Å². The van der Waals surface area contributed by atoms with Gasteiger partial charge < -0.3 is 4.74 Å². The molecule has 3 aromatic rings. The Kier molecular flexibility index (Phi) is 4.99. The minimum Gasteiger partial charge on any atom is -0.447 e. The molecule has 3 rings (SSSR count). The van der Waals surface area contributed by atoms with Crippen molar-refractivity contribution in [1.82, 2.24) is 15.0 Å². The third kappa shape index (κ3) is 3.97. The molecule has 1 atom stereocenters. The average Bonchev–Trinajstić information content (AvgIpc) is 3.03. The second-order valence-corrected chi connectivity index (χ2v) is 6.19. The van der Waals surface area contributed by atoms with Crippen LogP contribution in [0.2, 0.25) is 0 Å². The molecule has 7 nitrogen and oxygen atoms in total. The van der Waals surface area contributed by atoms with Crippen LogP contribution < -0.4 is 5.32 Å².